The van der Waals surface area contributed by atoms with Crippen molar-refractivity contribution in [1.82, 2.24) is 4.98 Å². The minimum atomic E-state index is 0.858. The van der Waals surface area contributed by atoms with Crippen LogP contribution < -0.4 is 10.1 Å². The molecule has 3 rings (SSSR count). The van der Waals surface area contributed by atoms with Gasteiger partial charge < -0.3 is 10.1 Å². The molecule has 0 fully saturated rings. The summed E-state index contributed by atoms with van der Waals surface area (Å²) >= 11 is 3.36. The number of nitrogens with one attached hydrogen (secondary N) is 1. The maximum atomic E-state index is 5.24. The number of nitrogens with zero attached hydrogens (tertiary/aromatic N) is 1. The van der Waals surface area contributed by atoms with E-state index in [1.54, 1.807) is 30.2 Å². The first kappa shape index (κ1) is 13.3. The average Bonchev–Trinajstić information content (AvgIpc) is 2.88. The van der Waals surface area contributed by atoms with Crippen molar-refractivity contribution in [2.75, 3.05) is 18.7 Å². The first-order chi connectivity index (χ1) is 9.78. The van der Waals surface area contributed by atoms with Crippen LogP contribution in [0.5, 0.6) is 5.75 Å². The third-order valence-corrected chi connectivity index (χ3v) is 4.58. The van der Waals surface area contributed by atoms with Crippen molar-refractivity contribution in [2.45, 2.75) is 4.90 Å². The molecule has 0 bridgehead atoms. The zero-order valence-corrected chi connectivity index (χ0v) is 12.8. The zero-order valence-electron chi connectivity index (χ0n) is 11.2. The minimum absolute atomic E-state index is 0.858. The van der Waals surface area contributed by atoms with E-state index in [1.165, 1.54) is 4.90 Å². The Hall–Kier alpha value is -1.72. The second-order valence-electron chi connectivity index (χ2n) is 4.21. The summed E-state index contributed by atoms with van der Waals surface area (Å²) < 4.78 is 6.35. The molecule has 3 aromatic rings. The Kier molecular flexibility index (Phi) is 3.80. The van der Waals surface area contributed by atoms with Gasteiger partial charge in [-0.2, -0.15) is 0 Å². The Morgan fingerprint density at radius 1 is 1.20 bits per heavy atom. The van der Waals surface area contributed by atoms with Crippen LogP contribution >= 0.6 is 23.1 Å². The fraction of sp³-hybridized carbons (Fsp3) is 0.133. The molecule has 0 atom stereocenters. The fourth-order valence-corrected chi connectivity index (χ4v) is 3.28. The van der Waals surface area contributed by atoms with Crippen LogP contribution in [0.2, 0.25) is 0 Å². The lowest BCUT2D eigenvalue weighted by atomic mass is 10.3. The lowest BCUT2D eigenvalue weighted by molar-refractivity contribution is 0.415. The van der Waals surface area contributed by atoms with Crippen LogP contribution in [0.4, 0.5) is 10.8 Å². The van der Waals surface area contributed by atoms with Crippen molar-refractivity contribution >= 4 is 44.1 Å². The Labute approximate surface area is 126 Å². The van der Waals surface area contributed by atoms with Crippen LogP contribution in [0.3, 0.4) is 0 Å². The monoisotopic (exact) mass is 302 g/mol. The highest BCUT2D eigenvalue weighted by atomic mass is 32.2. The summed E-state index contributed by atoms with van der Waals surface area (Å²) in [5.74, 6) is 0.858. The van der Waals surface area contributed by atoms with Crippen molar-refractivity contribution in [3.05, 3.63) is 42.5 Å². The lowest BCUT2D eigenvalue weighted by Crippen LogP contribution is -1.88. The molecule has 0 spiro atoms. The molecule has 102 valence electrons. The Morgan fingerprint density at radius 3 is 2.90 bits per heavy atom. The third kappa shape index (κ3) is 2.73. The third-order valence-electron chi connectivity index (χ3n) is 2.92. The number of thioether (sulfide) groups is 1. The normalized spacial score (nSPS) is 10.7. The fourth-order valence-electron chi connectivity index (χ4n) is 1.91. The summed E-state index contributed by atoms with van der Waals surface area (Å²) in [5, 5.41) is 4.25. The number of ether oxygens (including phenoxy) is 1. The molecule has 0 saturated heterocycles. The van der Waals surface area contributed by atoms with E-state index in [2.05, 4.69) is 28.7 Å². The first-order valence-electron chi connectivity index (χ1n) is 6.14. The number of anilines is 2. The summed E-state index contributed by atoms with van der Waals surface area (Å²) in [7, 11) is 1.68. The van der Waals surface area contributed by atoms with Crippen LogP contribution in [-0.4, -0.2) is 18.3 Å². The second kappa shape index (κ2) is 5.73. The molecule has 1 N–H and O–H groups in total. The molecule has 2 aromatic carbocycles. The van der Waals surface area contributed by atoms with Crippen LogP contribution in [-0.2, 0) is 0 Å². The van der Waals surface area contributed by atoms with Crippen molar-refractivity contribution < 1.29 is 4.74 Å². The number of hydrogen-bond donors (Lipinski definition) is 1. The standard InChI is InChI=1S/C15H14N2OS2/c1-18-11-6-7-13-14(9-11)20-15(17-13)16-10-4-3-5-12(8-10)19-2/h3-9H,1-2H3,(H,16,17). The predicted octanol–water partition coefficient (Wildman–Crippen LogP) is 4.77. The molecule has 0 amide bonds. The largest absolute Gasteiger partial charge is 0.497 e. The minimum Gasteiger partial charge on any atom is -0.497 e. The topological polar surface area (TPSA) is 34.1 Å². The van der Waals surface area contributed by atoms with Gasteiger partial charge in [0.15, 0.2) is 5.13 Å². The van der Waals surface area contributed by atoms with Gasteiger partial charge >= 0.3 is 0 Å². The van der Waals surface area contributed by atoms with Gasteiger partial charge in [0.05, 0.1) is 17.3 Å². The average molecular weight is 302 g/mol. The molecule has 0 saturated carbocycles. The molecule has 0 aliphatic rings. The number of fused-ring (bicyclic) bond motifs is 1. The highest BCUT2D eigenvalue weighted by Gasteiger charge is 2.05. The lowest BCUT2D eigenvalue weighted by Gasteiger charge is -2.03. The zero-order chi connectivity index (χ0) is 13.9. The smallest absolute Gasteiger partial charge is 0.188 e. The molecule has 20 heavy (non-hydrogen) atoms. The molecule has 3 nitrogen and oxygen atoms in total. The van der Waals surface area contributed by atoms with Crippen molar-refractivity contribution in [1.29, 1.82) is 0 Å². The van der Waals surface area contributed by atoms with E-state index in [4.69, 9.17) is 4.74 Å². The van der Waals surface area contributed by atoms with E-state index in [1.807, 2.05) is 30.3 Å². The van der Waals surface area contributed by atoms with E-state index in [-0.39, 0.29) is 0 Å². The van der Waals surface area contributed by atoms with E-state index >= 15 is 0 Å². The molecular formula is C15H14N2OS2. The van der Waals surface area contributed by atoms with Crippen molar-refractivity contribution in [3.8, 4) is 5.75 Å². The van der Waals surface area contributed by atoms with Gasteiger partial charge in [0.2, 0.25) is 0 Å². The maximum Gasteiger partial charge on any atom is 0.188 e. The number of rotatable bonds is 4. The second-order valence-corrected chi connectivity index (χ2v) is 6.12. The van der Waals surface area contributed by atoms with Crippen LogP contribution in [0.15, 0.2) is 47.4 Å². The number of thiazole rings is 1. The number of aromatic nitrogens is 1. The molecule has 0 radical (unpaired) electrons. The van der Waals surface area contributed by atoms with Crippen molar-refractivity contribution in [2.24, 2.45) is 0 Å². The quantitative estimate of drug-likeness (QED) is 0.704. The number of hydrogen-bond acceptors (Lipinski definition) is 5. The molecule has 0 aliphatic heterocycles. The van der Waals surface area contributed by atoms with Crippen LogP contribution in [0.25, 0.3) is 10.2 Å². The summed E-state index contributed by atoms with van der Waals surface area (Å²) in [5.41, 5.74) is 2.04. The Bertz CT molecular complexity index is 740. The van der Waals surface area contributed by atoms with Crippen LogP contribution in [0, 0.1) is 0 Å². The highest BCUT2D eigenvalue weighted by molar-refractivity contribution is 7.98. The first-order valence-corrected chi connectivity index (χ1v) is 8.18. The maximum absolute atomic E-state index is 5.24. The van der Waals surface area contributed by atoms with Gasteiger partial charge in [0.25, 0.3) is 0 Å². The van der Waals surface area contributed by atoms with Crippen molar-refractivity contribution in [3.63, 3.8) is 0 Å². The van der Waals surface area contributed by atoms with E-state index < -0.39 is 0 Å². The Balaban J connectivity index is 1.90. The molecule has 0 unspecified atom stereocenters. The van der Waals surface area contributed by atoms with Gasteiger partial charge in [-0.05, 0) is 42.7 Å². The SMILES string of the molecule is COc1ccc2nc(Nc3cccc(SC)c3)sc2c1. The summed E-state index contributed by atoms with van der Waals surface area (Å²) in [4.78, 5) is 5.82. The van der Waals surface area contributed by atoms with Gasteiger partial charge in [-0.1, -0.05) is 17.4 Å². The van der Waals surface area contributed by atoms with E-state index in [9.17, 15) is 0 Å². The highest BCUT2D eigenvalue weighted by Crippen LogP contribution is 2.31. The van der Waals surface area contributed by atoms with E-state index in [0.29, 0.717) is 0 Å². The van der Waals surface area contributed by atoms with Gasteiger partial charge in [-0.25, -0.2) is 4.98 Å². The van der Waals surface area contributed by atoms with Gasteiger partial charge in [0.1, 0.15) is 5.75 Å². The number of benzene rings is 2. The predicted molar refractivity (Wildman–Crippen MR) is 87.7 cm³/mol. The number of methoxy groups -OCH3 is 1. The molecule has 1 aromatic heterocycles. The summed E-state index contributed by atoms with van der Waals surface area (Å²) in [6.07, 6.45) is 2.07. The van der Waals surface area contributed by atoms with Gasteiger partial charge in [-0.3, -0.25) is 0 Å². The summed E-state index contributed by atoms with van der Waals surface area (Å²) in [6, 6.07) is 14.2. The van der Waals surface area contributed by atoms with Gasteiger partial charge in [-0.15, -0.1) is 11.8 Å². The molecular weight excluding hydrogens is 288 g/mol. The van der Waals surface area contributed by atoms with Crippen LogP contribution in [0.1, 0.15) is 0 Å². The van der Waals surface area contributed by atoms with E-state index in [0.717, 1.165) is 26.8 Å². The molecule has 1 heterocycles. The molecule has 0 aliphatic carbocycles. The summed E-state index contributed by atoms with van der Waals surface area (Å²) in [6.45, 7) is 0. The molecule has 5 heteroatoms. The Morgan fingerprint density at radius 2 is 2.10 bits per heavy atom. The van der Waals surface area contributed by atoms with Gasteiger partial charge in [0, 0.05) is 10.6 Å².